The van der Waals surface area contributed by atoms with Crippen LogP contribution in [0.2, 0.25) is 0 Å². The molecule has 2 aromatic heterocycles. The van der Waals surface area contributed by atoms with E-state index in [-0.39, 0.29) is 11.8 Å². The summed E-state index contributed by atoms with van der Waals surface area (Å²) >= 11 is 0. The second-order valence-electron chi connectivity index (χ2n) is 5.52. The molecule has 0 aliphatic heterocycles. The number of hydrogen-bond donors (Lipinski definition) is 1. The molecule has 0 radical (unpaired) electrons. The fraction of sp³-hybridized carbons (Fsp3) is 0. The van der Waals surface area contributed by atoms with Gasteiger partial charge in [-0.3, -0.25) is 4.79 Å². The van der Waals surface area contributed by atoms with Gasteiger partial charge < -0.3 is 14.2 Å². The SMILES string of the molecule is O=C(Nc1cccc(-c2nnc(-c3ccco3)o2)c1)c1c(F)cccc1F. The van der Waals surface area contributed by atoms with Crippen molar-refractivity contribution in [3.05, 3.63) is 78.1 Å². The van der Waals surface area contributed by atoms with Gasteiger partial charge in [-0.05, 0) is 42.5 Å². The highest BCUT2D eigenvalue weighted by atomic mass is 19.1. The summed E-state index contributed by atoms with van der Waals surface area (Å²) in [6.45, 7) is 0. The Hall–Kier alpha value is -3.81. The number of carbonyl (C=O) groups is 1. The lowest BCUT2D eigenvalue weighted by atomic mass is 10.1. The predicted octanol–water partition coefficient (Wildman–Crippen LogP) is 4.53. The highest BCUT2D eigenvalue weighted by Gasteiger charge is 2.18. The summed E-state index contributed by atoms with van der Waals surface area (Å²) in [7, 11) is 0. The second kappa shape index (κ2) is 6.83. The van der Waals surface area contributed by atoms with Crippen LogP contribution in [-0.2, 0) is 0 Å². The number of furan rings is 1. The van der Waals surface area contributed by atoms with E-state index in [4.69, 9.17) is 8.83 Å². The first-order chi connectivity index (χ1) is 13.1. The molecule has 8 heteroatoms. The molecular weight excluding hydrogens is 356 g/mol. The summed E-state index contributed by atoms with van der Waals surface area (Å²) in [5, 5.41) is 10.3. The molecule has 0 atom stereocenters. The van der Waals surface area contributed by atoms with Crippen molar-refractivity contribution in [1.82, 2.24) is 10.2 Å². The zero-order valence-electron chi connectivity index (χ0n) is 13.6. The van der Waals surface area contributed by atoms with E-state index >= 15 is 0 Å². The zero-order chi connectivity index (χ0) is 18.8. The molecule has 0 aliphatic rings. The van der Waals surface area contributed by atoms with Crippen LogP contribution in [0, 0.1) is 11.6 Å². The molecule has 2 aromatic carbocycles. The Bertz CT molecular complexity index is 1090. The van der Waals surface area contributed by atoms with Crippen molar-refractivity contribution in [2.45, 2.75) is 0 Å². The van der Waals surface area contributed by atoms with Gasteiger partial charge in [0.2, 0.25) is 5.89 Å². The number of aromatic nitrogens is 2. The molecule has 4 rings (SSSR count). The van der Waals surface area contributed by atoms with E-state index in [1.165, 1.54) is 12.3 Å². The molecule has 4 aromatic rings. The van der Waals surface area contributed by atoms with Gasteiger partial charge in [0.15, 0.2) is 5.76 Å². The van der Waals surface area contributed by atoms with Crippen molar-refractivity contribution in [3.63, 3.8) is 0 Å². The van der Waals surface area contributed by atoms with Gasteiger partial charge >= 0.3 is 0 Å². The summed E-state index contributed by atoms with van der Waals surface area (Å²) in [6, 6.07) is 13.0. The van der Waals surface area contributed by atoms with Gasteiger partial charge in [0.25, 0.3) is 11.8 Å². The number of carbonyl (C=O) groups excluding carboxylic acids is 1. The number of anilines is 1. The van der Waals surface area contributed by atoms with Crippen molar-refractivity contribution < 1.29 is 22.4 Å². The number of rotatable bonds is 4. The molecule has 0 saturated heterocycles. The molecule has 1 amide bonds. The van der Waals surface area contributed by atoms with Crippen molar-refractivity contribution in [3.8, 4) is 23.1 Å². The topological polar surface area (TPSA) is 81.2 Å². The zero-order valence-corrected chi connectivity index (χ0v) is 13.6. The van der Waals surface area contributed by atoms with Crippen LogP contribution < -0.4 is 5.32 Å². The maximum absolute atomic E-state index is 13.7. The molecule has 0 unspecified atom stereocenters. The van der Waals surface area contributed by atoms with Gasteiger partial charge in [-0.2, -0.15) is 0 Å². The molecule has 0 fully saturated rings. The van der Waals surface area contributed by atoms with Crippen molar-refractivity contribution >= 4 is 11.6 Å². The fourth-order valence-electron chi connectivity index (χ4n) is 2.48. The van der Waals surface area contributed by atoms with E-state index in [0.717, 1.165) is 12.1 Å². The first-order valence-electron chi connectivity index (χ1n) is 7.85. The lowest BCUT2D eigenvalue weighted by Crippen LogP contribution is -2.15. The van der Waals surface area contributed by atoms with E-state index in [0.29, 0.717) is 17.0 Å². The monoisotopic (exact) mass is 367 g/mol. The van der Waals surface area contributed by atoms with E-state index in [2.05, 4.69) is 15.5 Å². The van der Waals surface area contributed by atoms with Crippen LogP contribution in [0.1, 0.15) is 10.4 Å². The number of hydrogen-bond acceptors (Lipinski definition) is 5. The van der Waals surface area contributed by atoms with E-state index < -0.39 is 23.1 Å². The quantitative estimate of drug-likeness (QED) is 0.573. The van der Waals surface area contributed by atoms with Crippen LogP contribution in [0.25, 0.3) is 23.1 Å². The number of nitrogens with one attached hydrogen (secondary N) is 1. The van der Waals surface area contributed by atoms with Gasteiger partial charge in [0.05, 0.1) is 6.26 Å². The second-order valence-corrected chi connectivity index (χ2v) is 5.52. The van der Waals surface area contributed by atoms with Gasteiger partial charge in [0.1, 0.15) is 17.2 Å². The van der Waals surface area contributed by atoms with E-state index in [9.17, 15) is 13.6 Å². The minimum absolute atomic E-state index is 0.203. The highest BCUT2D eigenvalue weighted by molar-refractivity contribution is 6.04. The Balaban J connectivity index is 1.59. The number of nitrogens with zero attached hydrogens (tertiary/aromatic N) is 2. The molecule has 0 spiro atoms. The van der Waals surface area contributed by atoms with Crippen LogP contribution in [0.15, 0.2) is 69.7 Å². The maximum Gasteiger partial charge on any atom is 0.283 e. The summed E-state index contributed by atoms with van der Waals surface area (Å²) in [5.41, 5.74) is 0.186. The van der Waals surface area contributed by atoms with Crippen LogP contribution in [0.4, 0.5) is 14.5 Å². The lowest BCUT2D eigenvalue weighted by molar-refractivity contribution is 0.101. The minimum Gasteiger partial charge on any atom is -0.459 e. The molecule has 2 heterocycles. The average Bonchev–Trinajstić information content (AvgIpc) is 3.33. The Morgan fingerprint density at radius 2 is 1.67 bits per heavy atom. The van der Waals surface area contributed by atoms with Crippen LogP contribution >= 0.6 is 0 Å². The smallest absolute Gasteiger partial charge is 0.283 e. The number of benzene rings is 2. The predicted molar refractivity (Wildman–Crippen MR) is 91.7 cm³/mol. The van der Waals surface area contributed by atoms with Gasteiger partial charge in [-0.1, -0.05) is 12.1 Å². The molecule has 134 valence electrons. The Kier molecular flexibility index (Phi) is 4.21. The summed E-state index contributed by atoms with van der Waals surface area (Å²) in [4.78, 5) is 12.2. The fourth-order valence-corrected chi connectivity index (χ4v) is 2.48. The summed E-state index contributed by atoms with van der Waals surface area (Å²) < 4.78 is 38.2. The molecule has 0 bridgehead atoms. The van der Waals surface area contributed by atoms with E-state index in [1.54, 1.807) is 36.4 Å². The van der Waals surface area contributed by atoms with Crippen molar-refractivity contribution in [2.24, 2.45) is 0 Å². The minimum atomic E-state index is -0.941. The Labute approximate surface area is 151 Å². The summed E-state index contributed by atoms with van der Waals surface area (Å²) in [6.07, 6.45) is 1.48. The third kappa shape index (κ3) is 3.32. The standard InChI is InChI=1S/C19H11F2N3O3/c20-13-6-2-7-14(21)16(13)17(25)22-12-5-1-4-11(10-12)18-23-24-19(27-18)15-8-3-9-26-15/h1-10H,(H,22,25). The van der Waals surface area contributed by atoms with Crippen molar-refractivity contribution in [1.29, 1.82) is 0 Å². The third-order valence-corrected chi connectivity index (χ3v) is 3.71. The van der Waals surface area contributed by atoms with Gasteiger partial charge in [-0.15, -0.1) is 10.2 Å². The lowest BCUT2D eigenvalue weighted by Gasteiger charge is -2.07. The molecule has 1 N–H and O–H groups in total. The number of halogens is 2. The molecule has 0 aliphatic carbocycles. The van der Waals surface area contributed by atoms with E-state index in [1.807, 2.05) is 0 Å². The number of amides is 1. The van der Waals surface area contributed by atoms with Crippen LogP contribution in [-0.4, -0.2) is 16.1 Å². The first-order valence-corrected chi connectivity index (χ1v) is 7.85. The highest BCUT2D eigenvalue weighted by Crippen LogP contribution is 2.26. The molecule has 27 heavy (non-hydrogen) atoms. The van der Waals surface area contributed by atoms with Gasteiger partial charge in [-0.25, -0.2) is 8.78 Å². The maximum atomic E-state index is 13.7. The van der Waals surface area contributed by atoms with Gasteiger partial charge in [0, 0.05) is 11.3 Å². The van der Waals surface area contributed by atoms with Crippen molar-refractivity contribution in [2.75, 3.05) is 5.32 Å². The molecular formula is C19H11F2N3O3. The Morgan fingerprint density at radius 3 is 2.41 bits per heavy atom. The molecule has 6 nitrogen and oxygen atoms in total. The normalized spacial score (nSPS) is 10.7. The molecule has 0 saturated carbocycles. The van der Waals surface area contributed by atoms with Crippen LogP contribution in [0.5, 0.6) is 0 Å². The third-order valence-electron chi connectivity index (χ3n) is 3.71. The van der Waals surface area contributed by atoms with Crippen LogP contribution in [0.3, 0.4) is 0 Å². The Morgan fingerprint density at radius 1 is 0.926 bits per heavy atom. The largest absolute Gasteiger partial charge is 0.459 e. The average molecular weight is 367 g/mol. The summed E-state index contributed by atoms with van der Waals surface area (Å²) in [5.74, 6) is -1.95. The first kappa shape index (κ1) is 16.6.